The summed E-state index contributed by atoms with van der Waals surface area (Å²) in [6.07, 6.45) is 4.70. The number of aliphatic imine (C=N–C) groups is 1. The van der Waals surface area contributed by atoms with Gasteiger partial charge in [0, 0.05) is 19.1 Å². The fraction of sp³-hybridized carbons (Fsp3) is 0.714. The maximum atomic E-state index is 8.39. The van der Waals surface area contributed by atoms with Gasteiger partial charge in [-0.15, -0.1) is 4.99 Å². The third kappa shape index (κ3) is 2.13. The molecule has 0 radical (unpaired) electrons. The third-order valence-electron chi connectivity index (χ3n) is 1.82. The number of thioether (sulfide) groups is 1. The number of likely N-dealkylation sites (tertiary alicyclic amines) is 1. The Morgan fingerprint density at radius 1 is 1.83 bits per heavy atom. The molecule has 1 aliphatic heterocycles. The molecule has 0 aliphatic carbocycles. The first-order valence-corrected chi connectivity index (χ1v) is 5.01. The zero-order valence-electron chi connectivity index (χ0n) is 7.03. The molecular weight excluding hydrogens is 172 g/mol. The van der Waals surface area contributed by atoms with E-state index in [4.69, 9.17) is 11.0 Å². The first-order chi connectivity index (χ1) is 5.77. The van der Waals surface area contributed by atoms with Gasteiger partial charge in [-0.25, -0.2) is 0 Å². The van der Waals surface area contributed by atoms with Crippen LogP contribution in [-0.4, -0.2) is 35.5 Å². The summed E-state index contributed by atoms with van der Waals surface area (Å²) < 4.78 is 0. The molecule has 1 fully saturated rings. The van der Waals surface area contributed by atoms with E-state index in [1.807, 2.05) is 6.26 Å². The van der Waals surface area contributed by atoms with Gasteiger partial charge in [0.15, 0.2) is 5.17 Å². The molecule has 0 aromatic rings. The van der Waals surface area contributed by atoms with Crippen LogP contribution in [-0.2, 0) is 0 Å². The van der Waals surface area contributed by atoms with E-state index in [-0.39, 0.29) is 6.04 Å². The van der Waals surface area contributed by atoms with Crippen molar-refractivity contribution in [2.24, 2.45) is 10.7 Å². The highest BCUT2D eigenvalue weighted by Crippen LogP contribution is 2.13. The van der Waals surface area contributed by atoms with Crippen LogP contribution in [0.3, 0.4) is 0 Å². The van der Waals surface area contributed by atoms with E-state index in [0.29, 0.717) is 0 Å². The van der Waals surface area contributed by atoms with Crippen LogP contribution < -0.4 is 5.73 Å². The smallest absolute Gasteiger partial charge is 0.208 e. The van der Waals surface area contributed by atoms with Gasteiger partial charge in [-0.05, 0) is 12.7 Å². The summed E-state index contributed by atoms with van der Waals surface area (Å²) in [4.78, 5) is 5.77. The second-order valence-electron chi connectivity index (χ2n) is 2.69. The average molecular weight is 184 g/mol. The van der Waals surface area contributed by atoms with Crippen LogP contribution in [0.2, 0.25) is 0 Å². The number of amidine groups is 1. The molecule has 1 aliphatic rings. The van der Waals surface area contributed by atoms with Crippen molar-refractivity contribution in [1.29, 1.82) is 5.26 Å². The second-order valence-corrected chi connectivity index (χ2v) is 3.47. The lowest BCUT2D eigenvalue weighted by atomic mass is 10.3. The van der Waals surface area contributed by atoms with Gasteiger partial charge >= 0.3 is 0 Å². The van der Waals surface area contributed by atoms with Crippen molar-refractivity contribution in [2.75, 3.05) is 19.3 Å². The molecule has 0 amide bonds. The zero-order chi connectivity index (χ0) is 8.97. The van der Waals surface area contributed by atoms with E-state index in [1.54, 1.807) is 6.19 Å². The van der Waals surface area contributed by atoms with Crippen molar-refractivity contribution in [1.82, 2.24) is 4.90 Å². The Hall–Kier alpha value is -0.730. The van der Waals surface area contributed by atoms with Crippen LogP contribution in [0.5, 0.6) is 0 Å². The van der Waals surface area contributed by atoms with Crippen LogP contribution in [0.4, 0.5) is 0 Å². The maximum absolute atomic E-state index is 8.39. The number of nitriles is 1. The fourth-order valence-electron chi connectivity index (χ4n) is 1.25. The van der Waals surface area contributed by atoms with E-state index < -0.39 is 0 Å². The Morgan fingerprint density at radius 3 is 3.00 bits per heavy atom. The summed E-state index contributed by atoms with van der Waals surface area (Å²) in [7, 11) is 0. The van der Waals surface area contributed by atoms with Gasteiger partial charge < -0.3 is 10.6 Å². The molecule has 0 spiro atoms. The van der Waals surface area contributed by atoms with Gasteiger partial charge in [0.1, 0.15) is 0 Å². The Bertz CT molecular complexity index is 220. The Kier molecular flexibility index (Phi) is 3.38. The van der Waals surface area contributed by atoms with Crippen molar-refractivity contribution in [3.8, 4) is 6.19 Å². The number of nitrogens with zero attached hydrogens (tertiary/aromatic N) is 3. The lowest BCUT2D eigenvalue weighted by Gasteiger charge is -2.16. The van der Waals surface area contributed by atoms with Gasteiger partial charge in [0.25, 0.3) is 0 Å². The van der Waals surface area contributed by atoms with E-state index in [9.17, 15) is 0 Å². The SMILES string of the molecule is CSC(=NC#N)N1CCC(N)C1. The number of nitrogens with two attached hydrogens (primary N) is 1. The Labute approximate surface area is 76.4 Å². The molecule has 0 bridgehead atoms. The Balaban J connectivity index is 2.57. The minimum absolute atomic E-state index is 0.237. The van der Waals surface area contributed by atoms with Crippen molar-refractivity contribution in [3.05, 3.63) is 0 Å². The topological polar surface area (TPSA) is 65.4 Å². The number of rotatable bonds is 0. The molecule has 0 aromatic heterocycles. The van der Waals surface area contributed by atoms with Crippen LogP contribution in [0.15, 0.2) is 4.99 Å². The molecule has 0 aromatic carbocycles. The standard InChI is InChI=1S/C7H12N4S/c1-12-7(10-5-8)11-3-2-6(9)4-11/h6H,2-4,9H2,1H3. The molecule has 66 valence electrons. The monoisotopic (exact) mass is 184 g/mol. The minimum atomic E-state index is 0.237. The summed E-state index contributed by atoms with van der Waals surface area (Å²) in [6.45, 7) is 1.74. The number of hydrogen-bond acceptors (Lipinski definition) is 4. The van der Waals surface area contributed by atoms with Crippen LogP contribution >= 0.6 is 11.8 Å². The molecule has 1 saturated heterocycles. The molecule has 4 nitrogen and oxygen atoms in total. The number of hydrogen-bond donors (Lipinski definition) is 1. The molecular formula is C7H12N4S. The van der Waals surface area contributed by atoms with Crippen molar-refractivity contribution in [3.63, 3.8) is 0 Å². The van der Waals surface area contributed by atoms with Crippen LogP contribution in [0.1, 0.15) is 6.42 Å². The average Bonchev–Trinajstić information content (AvgIpc) is 2.47. The summed E-state index contributed by atoms with van der Waals surface area (Å²) in [5.41, 5.74) is 5.72. The van der Waals surface area contributed by atoms with Gasteiger partial charge in [-0.3, -0.25) is 0 Å². The molecule has 2 N–H and O–H groups in total. The largest absolute Gasteiger partial charge is 0.349 e. The summed E-state index contributed by atoms with van der Waals surface area (Å²) in [5, 5.41) is 9.17. The molecule has 1 atom stereocenters. The second kappa shape index (κ2) is 4.33. The van der Waals surface area contributed by atoms with Crippen LogP contribution in [0, 0.1) is 11.5 Å². The lowest BCUT2D eigenvalue weighted by Crippen LogP contribution is -2.29. The van der Waals surface area contributed by atoms with Crippen LogP contribution in [0.25, 0.3) is 0 Å². The molecule has 12 heavy (non-hydrogen) atoms. The first-order valence-electron chi connectivity index (χ1n) is 3.79. The molecule has 5 heteroatoms. The summed E-state index contributed by atoms with van der Waals surface area (Å²) >= 11 is 1.49. The molecule has 0 saturated carbocycles. The first kappa shape index (κ1) is 9.36. The third-order valence-corrected chi connectivity index (χ3v) is 2.54. The highest BCUT2D eigenvalue weighted by molar-refractivity contribution is 8.13. The van der Waals surface area contributed by atoms with E-state index >= 15 is 0 Å². The minimum Gasteiger partial charge on any atom is -0.349 e. The quantitative estimate of drug-likeness (QED) is 0.332. The highest BCUT2D eigenvalue weighted by Gasteiger charge is 2.21. The van der Waals surface area contributed by atoms with E-state index in [2.05, 4.69) is 9.89 Å². The van der Waals surface area contributed by atoms with Crippen molar-refractivity contribution >= 4 is 16.9 Å². The van der Waals surface area contributed by atoms with Gasteiger partial charge in [-0.2, -0.15) is 5.26 Å². The van der Waals surface area contributed by atoms with Crippen molar-refractivity contribution < 1.29 is 0 Å². The normalized spacial score (nSPS) is 24.2. The zero-order valence-corrected chi connectivity index (χ0v) is 7.84. The predicted octanol–water partition coefficient (Wildman–Crippen LogP) is 0.219. The van der Waals surface area contributed by atoms with E-state index in [0.717, 1.165) is 24.7 Å². The fourth-order valence-corrected chi connectivity index (χ4v) is 1.81. The summed E-state index contributed by atoms with van der Waals surface area (Å²) in [6, 6.07) is 0.237. The Morgan fingerprint density at radius 2 is 2.58 bits per heavy atom. The van der Waals surface area contributed by atoms with Gasteiger partial charge in [-0.1, -0.05) is 11.8 Å². The molecule has 1 heterocycles. The molecule has 1 unspecified atom stereocenters. The predicted molar refractivity (Wildman–Crippen MR) is 50.7 cm³/mol. The molecule has 1 rings (SSSR count). The summed E-state index contributed by atoms with van der Waals surface area (Å²) in [5.74, 6) is 0. The van der Waals surface area contributed by atoms with Gasteiger partial charge in [0.05, 0.1) is 0 Å². The lowest BCUT2D eigenvalue weighted by molar-refractivity contribution is 0.520. The van der Waals surface area contributed by atoms with E-state index in [1.165, 1.54) is 11.8 Å². The van der Waals surface area contributed by atoms with Crippen molar-refractivity contribution in [2.45, 2.75) is 12.5 Å². The van der Waals surface area contributed by atoms with Gasteiger partial charge in [0.2, 0.25) is 6.19 Å². The maximum Gasteiger partial charge on any atom is 0.208 e. The highest BCUT2D eigenvalue weighted by atomic mass is 32.2.